The van der Waals surface area contributed by atoms with Crippen LogP contribution in [-0.4, -0.2) is 11.5 Å². The fraction of sp³-hybridized carbons (Fsp3) is 0.545. The Morgan fingerprint density at radius 3 is 2.62 bits per heavy atom. The lowest BCUT2D eigenvalue weighted by atomic mass is 10.1. The normalized spacial score (nSPS) is 13.2. The van der Waals surface area contributed by atoms with Crippen LogP contribution in [0, 0.1) is 5.92 Å². The fourth-order valence-corrected chi connectivity index (χ4v) is 1.15. The molecular weight excluding hydrogens is 160 g/mol. The van der Waals surface area contributed by atoms with Gasteiger partial charge in [0.15, 0.2) is 0 Å². The molecule has 0 fully saturated rings. The Kier molecular flexibility index (Phi) is 3.90. The van der Waals surface area contributed by atoms with E-state index in [0.717, 1.165) is 12.2 Å². The van der Waals surface area contributed by atoms with Gasteiger partial charge in [-0.2, -0.15) is 0 Å². The van der Waals surface area contributed by atoms with Crippen molar-refractivity contribution in [3.8, 4) is 0 Å². The Labute approximate surface area is 80.4 Å². The molecule has 0 radical (unpaired) electrons. The van der Waals surface area contributed by atoms with E-state index in [1.165, 1.54) is 0 Å². The minimum absolute atomic E-state index is 0.351. The molecule has 0 unspecified atom stereocenters. The van der Waals surface area contributed by atoms with Crippen molar-refractivity contribution in [2.24, 2.45) is 5.92 Å². The Morgan fingerprint density at radius 1 is 1.31 bits per heavy atom. The molecule has 13 heavy (non-hydrogen) atoms. The van der Waals surface area contributed by atoms with Crippen LogP contribution in [-0.2, 0) is 0 Å². The molecular formula is C11H18N2. The predicted molar refractivity (Wildman–Crippen MR) is 55.5 cm³/mol. The second-order valence-electron chi connectivity index (χ2n) is 3.78. The minimum Gasteiger partial charge on any atom is -0.309 e. The molecule has 1 aromatic rings. The first-order valence-corrected chi connectivity index (χ1v) is 4.84. The van der Waals surface area contributed by atoms with E-state index in [4.69, 9.17) is 0 Å². The summed E-state index contributed by atoms with van der Waals surface area (Å²) in [5, 5.41) is 3.44. The monoisotopic (exact) mass is 178 g/mol. The highest BCUT2D eigenvalue weighted by atomic mass is 14.9. The van der Waals surface area contributed by atoms with Gasteiger partial charge >= 0.3 is 0 Å². The third-order valence-electron chi connectivity index (χ3n) is 1.96. The number of nitrogens with one attached hydrogen (secondary N) is 1. The number of rotatable bonds is 4. The lowest BCUT2D eigenvalue weighted by molar-refractivity contribution is 0.490. The molecule has 0 bridgehead atoms. The second kappa shape index (κ2) is 4.97. The van der Waals surface area contributed by atoms with Gasteiger partial charge in [0.1, 0.15) is 0 Å². The van der Waals surface area contributed by atoms with Gasteiger partial charge in [0.2, 0.25) is 0 Å². The molecule has 1 rings (SSSR count). The maximum absolute atomic E-state index is 4.29. The Hall–Kier alpha value is -0.890. The van der Waals surface area contributed by atoms with Gasteiger partial charge < -0.3 is 5.32 Å². The van der Waals surface area contributed by atoms with Crippen LogP contribution in [0.4, 0.5) is 0 Å². The first-order valence-electron chi connectivity index (χ1n) is 4.84. The molecule has 2 nitrogen and oxygen atoms in total. The van der Waals surface area contributed by atoms with E-state index in [1.807, 2.05) is 18.3 Å². The standard InChI is InChI=1S/C11H18N2/c1-9(2)8-13-10(3)11-6-4-5-7-12-11/h4-7,9-10,13H,8H2,1-3H3/t10-/m1/s1. The molecule has 0 spiro atoms. The average Bonchev–Trinajstić information content (AvgIpc) is 2.15. The van der Waals surface area contributed by atoms with Crippen LogP contribution in [0.3, 0.4) is 0 Å². The zero-order valence-electron chi connectivity index (χ0n) is 8.62. The number of pyridine rings is 1. The van der Waals surface area contributed by atoms with Crippen LogP contribution in [0.25, 0.3) is 0 Å². The van der Waals surface area contributed by atoms with Crippen LogP contribution in [0.5, 0.6) is 0 Å². The molecule has 0 aliphatic rings. The van der Waals surface area contributed by atoms with Crippen molar-refractivity contribution in [3.05, 3.63) is 30.1 Å². The number of aromatic nitrogens is 1. The molecule has 1 atom stereocenters. The predicted octanol–water partition coefficient (Wildman–Crippen LogP) is 2.39. The highest BCUT2D eigenvalue weighted by Gasteiger charge is 2.04. The summed E-state index contributed by atoms with van der Waals surface area (Å²) in [6.45, 7) is 7.60. The SMILES string of the molecule is CC(C)CN[C@H](C)c1ccccn1. The van der Waals surface area contributed by atoms with Crippen molar-refractivity contribution in [1.82, 2.24) is 10.3 Å². The zero-order valence-corrected chi connectivity index (χ0v) is 8.62. The van der Waals surface area contributed by atoms with Crippen molar-refractivity contribution in [2.75, 3.05) is 6.54 Å². The third kappa shape index (κ3) is 3.55. The van der Waals surface area contributed by atoms with E-state index in [9.17, 15) is 0 Å². The number of nitrogens with zero attached hydrogens (tertiary/aromatic N) is 1. The first kappa shape index (κ1) is 10.2. The van der Waals surface area contributed by atoms with Crippen molar-refractivity contribution in [2.45, 2.75) is 26.8 Å². The quantitative estimate of drug-likeness (QED) is 0.765. The van der Waals surface area contributed by atoms with Gasteiger partial charge in [0, 0.05) is 12.2 Å². The van der Waals surface area contributed by atoms with Crippen LogP contribution in [0.1, 0.15) is 32.5 Å². The van der Waals surface area contributed by atoms with E-state index < -0.39 is 0 Å². The topological polar surface area (TPSA) is 24.9 Å². The van der Waals surface area contributed by atoms with Gasteiger partial charge in [-0.25, -0.2) is 0 Å². The Bertz CT molecular complexity index is 231. The Balaban J connectivity index is 2.44. The highest BCUT2D eigenvalue weighted by Crippen LogP contribution is 2.07. The maximum Gasteiger partial charge on any atom is 0.0570 e. The molecule has 0 amide bonds. The summed E-state index contributed by atoms with van der Waals surface area (Å²) >= 11 is 0. The smallest absolute Gasteiger partial charge is 0.0570 e. The van der Waals surface area contributed by atoms with Crippen molar-refractivity contribution in [3.63, 3.8) is 0 Å². The van der Waals surface area contributed by atoms with Crippen LogP contribution in [0.2, 0.25) is 0 Å². The number of hydrogen-bond acceptors (Lipinski definition) is 2. The van der Waals surface area contributed by atoms with Crippen molar-refractivity contribution < 1.29 is 0 Å². The van der Waals surface area contributed by atoms with E-state index in [2.05, 4.69) is 37.1 Å². The van der Waals surface area contributed by atoms with Gasteiger partial charge in [-0.05, 0) is 31.5 Å². The first-order chi connectivity index (χ1) is 6.20. The number of hydrogen-bond donors (Lipinski definition) is 1. The van der Waals surface area contributed by atoms with Crippen LogP contribution >= 0.6 is 0 Å². The molecule has 0 saturated carbocycles. The molecule has 0 aromatic carbocycles. The minimum atomic E-state index is 0.351. The zero-order chi connectivity index (χ0) is 9.68. The molecule has 1 N–H and O–H groups in total. The van der Waals surface area contributed by atoms with Crippen molar-refractivity contribution >= 4 is 0 Å². The average molecular weight is 178 g/mol. The fourth-order valence-electron chi connectivity index (χ4n) is 1.15. The van der Waals surface area contributed by atoms with Crippen molar-refractivity contribution in [1.29, 1.82) is 0 Å². The molecule has 1 aromatic heterocycles. The van der Waals surface area contributed by atoms with E-state index >= 15 is 0 Å². The lowest BCUT2D eigenvalue weighted by Crippen LogP contribution is -2.23. The molecule has 0 aliphatic heterocycles. The van der Waals surface area contributed by atoms with Gasteiger partial charge in [0.25, 0.3) is 0 Å². The summed E-state index contributed by atoms with van der Waals surface area (Å²) in [6.07, 6.45) is 1.84. The van der Waals surface area contributed by atoms with Crippen LogP contribution in [0.15, 0.2) is 24.4 Å². The van der Waals surface area contributed by atoms with Crippen LogP contribution < -0.4 is 5.32 Å². The lowest BCUT2D eigenvalue weighted by Gasteiger charge is -2.14. The summed E-state index contributed by atoms with van der Waals surface area (Å²) in [7, 11) is 0. The second-order valence-corrected chi connectivity index (χ2v) is 3.78. The molecule has 72 valence electrons. The third-order valence-corrected chi connectivity index (χ3v) is 1.96. The van der Waals surface area contributed by atoms with Gasteiger partial charge in [-0.3, -0.25) is 4.98 Å². The van der Waals surface area contributed by atoms with Gasteiger partial charge in [0.05, 0.1) is 5.69 Å². The van der Waals surface area contributed by atoms with E-state index in [1.54, 1.807) is 0 Å². The largest absolute Gasteiger partial charge is 0.309 e. The summed E-state index contributed by atoms with van der Waals surface area (Å²) in [4.78, 5) is 4.29. The maximum atomic E-state index is 4.29. The Morgan fingerprint density at radius 2 is 2.08 bits per heavy atom. The van der Waals surface area contributed by atoms with Gasteiger partial charge in [-0.15, -0.1) is 0 Å². The van der Waals surface area contributed by atoms with E-state index in [0.29, 0.717) is 12.0 Å². The summed E-state index contributed by atoms with van der Waals surface area (Å²) in [6, 6.07) is 6.37. The summed E-state index contributed by atoms with van der Waals surface area (Å²) < 4.78 is 0. The molecule has 0 aliphatic carbocycles. The summed E-state index contributed by atoms with van der Waals surface area (Å²) in [5.41, 5.74) is 1.11. The summed E-state index contributed by atoms with van der Waals surface area (Å²) in [5.74, 6) is 0.686. The van der Waals surface area contributed by atoms with Gasteiger partial charge in [-0.1, -0.05) is 19.9 Å². The highest BCUT2D eigenvalue weighted by molar-refractivity contribution is 5.07. The van der Waals surface area contributed by atoms with E-state index in [-0.39, 0.29) is 0 Å². The molecule has 0 saturated heterocycles. The molecule has 1 heterocycles. The molecule has 2 heteroatoms.